The van der Waals surface area contributed by atoms with Crippen LogP contribution in [0.4, 0.5) is 0 Å². The van der Waals surface area contributed by atoms with Gasteiger partial charge in [-0.2, -0.15) is 0 Å². The van der Waals surface area contributed by atoms with Gasteiger partial charge >= 0.3 is 7.12 Å². The Hall–Kier alpha value is -0.575. The van der Waals surface area contributed by atoms with Gasteiger partial charge < -0.3 is 5.02 Å². The van der Waals surface area contributed by atoms with E-state index in [4.69, 9.17) is 5.02 Å². The van der Waals surface area contributed by atoms with Crippen LogP contribution in [0, 0.1) is 0 Å². The molecular formula is C5H9BO3. The first-order chi connectivity index (χ1) is 4.31. The molecule has 0 saturated heterocycles. The summed E-state index contributed by atoms with van der Waals surface area (Å²) in [6.45, 7) is 6.88. The van der Waals surface area contributed by atoms with Gasteiger partial charge in [0.1, 0.15) is 0 Å². The van der Waals surface area contributed by atoms with Crippen molar-refractivity contribution in [1.82, 2.24) is 0 Å². The molecule has 0 aliphatic rings. The fraction of sp³-hybridized carbons (Fsp3) is 0.200. The highest BCUT2D eigenvalue weighted by Crippen LogP contribution is 1.83. The zero-order chi connectivity index (χ0) is 7.11. The maximum atomic E-state index is 8.58. The second-order valence-corrected chi connectivity index (χ2v) is 1.30. The predicted molar refractivity (Wildman–Crippen MR) is 35.4 cm³/mol. The molecule has 0 aromatic carbocycles. The fourth-order valence-corrected chi connectivity index (χ4v) is 0.196. The lowest BCUT2D eigenvalue weighted by Gasteiger charge is -1.99. The van der Waals surface area contributed by atoms with Gasteiger partial charge in [-0.25, -0.2) is 4.89 Å². The van der Waals surface area contributed by atoms with Crippen molar-refractivity contribution in [2.24, 2.45) is 0 Å². The number of rotatable bonds is 5. The molecule has 1 N–H and O–H groups in total. The van der Waals surface area contributed by atoms with Crippen LogP contribution in [0.15, 0.2) is 25.2 Å². The highest BCUT2D eigenvalue weighted by Gasteiger charge is 2.05. The second-order valence-electron chi connectivity index (χ2n) is 1.30. The summed E-state index contributed by atoms with van der Waals surface area (Å²) in [6, 6.07) is 0. The molecule has 4 heteroatoms. The molecule has 0 amide bonds. The Morgan fingerprint density at radius 3 is 2.67 bits per heavy atom. The average Bonchev–Trinajstić information content (AvgIpc) is 1.89. The zero-order valence-corrected chi connectivity index (χ0v) is 5.12. The quantitative estimate of drug-likeness (QED) is 0.190. The summed E-state index contributed by atoms with van der Waals surface area (Å²) >= 11 is 0. The molecule has 0 aliphatic carbocycles. The third kappa shape index (κ3) is 5.29. The lowest BCUT2D eigenvalue weighted by atomic mass is 9.93. The topological polar surface area (TPSA) is 38.7 Å². The Morgan fingerprint density at radius 2 is 2.22 bits per heavy atom. The van der Waals surface area contributed by atoms with Gasteiger partial charge in [0.2, 0.25) is 0 Å². The van der Waals surface area contributed by atoms with Crippen molar-refractivity contribution in [2.75, 3.05) is 6.61 Å². The Kier molecular flexibility index (Phi) is 5.20. The molecule has 0 aromatic heterocycles. The summed E-state index contributed by atoms with van der Waals surface area (Å²) in [4.78, 5) is 8.69. The van der Waals surface area contributed by atoms with E-state index < -0.39 is 7.12 Å². The largest absolute Gasteiger partial charge is 0.515 e. The van der Waals surface area contributed by atoms with E-state index in [1.165, 1.54) is 12.1 Å². The monoisotopic (exact) mass is 128 g/mol. The first kappa shape index (κ1) is 8.42. The molecule has 0 radical (unpaired) electrons. The highest BCUT2D eigenvalue weighted by molar-refractivity contribution is 6.48. The Labute approximate surface area is 54.7 Å². The van der Waals surface area contributed by atoms with Gasteiger partial charge in [0.25, 0.3) is 0 Å². The summed E-state index contributed by atoms with van der Waals surface area (Å²) in [5.74, 6) is 1.21. The van der Waals surface area contributed by atoms with E-state index in [9.17, 15) is 0 Å². The molecule has 9 heavy (non-hydrogen) atoms. The van der Waals surface area contributed by atoms with Gasteiger partial charge in [-0.15, -0.1) is 13.2 Å². The SMILES string of the molecule is C=CCOOB(O)C=C. The van der Waals surface area contributed by atoms with Crippen LogP contribution in [0.3, 0.4) is 0 Å². The lowest BCUT2D eigenvalue weighted by molar-refractivity contribution is -0.210. The zero-order valence-electron chi connectivity index (χ0n) is 5.12. The van der Waals surface area contributed by atoms with Crippen LogP contribution >= 0.6 is 0 Å². The molecule has 3 nitrogen and oxygen atoms in total. The summed E-state index contributed by atoms with van der Waals surface area (Å²) < 4.78 is 0. The average molecular weight is 128 g/mol. The molecule has 0 bridgehead atoms. The first-order valence-corrected chi connectivity index (χ1v) is 2.51. The van der Waals surface area contributed by atoms with Crippen LogP contribution in [-0.2, 0) is 9.69 Å². The second kappa shape index (κ2) is 5.56. The standard InChI is InChI=1S/C5H9BO3/c1-3-5-8-9-6(7)4-2/h3-4,7H,1-2,5H2. The molecular weight excluding hydrogens is 119 g/mol. The minimum Gasteiger partial charge on any atom is -0.422 e. The molecule has 0 saturated carbocycles. The molecule has 0 heterocycles. The number of hydrogen-bond donors (Lipinski definition) is 1. The van der Waals surface area contributed by atoms with Gasteiger partial charge in [0, 0.05) is 0 Å². The lowest BCUT2D eigenvalue weighted by Crippen LogP contribution is -2.14. The van der Waals surface area contributed by atoms with Crippen molar-refractivity contribution in [2.45, 2.75) is 0 Å². The van der Waals surface area contributed by atoms with Gasteiger partial charge in [0.05, 0.1) is 6.61 Å². The molecule has 0 atom stereocenters. The van der Waals surface area contributed by atoms with Crippen LogP contribution in [0.1, 0.15) is 0 Å². The van der Waals surface area contributed by atoms with E-state index >= 15 is 0 Å². The Bertz CT molecular complexity index is 94.2. The maximum Gasteiger partial charge on any atom is 0.515 e. The van der Waals surface area contributed by atoms with E-state index in [0.717, 1.165) is 0 Å². The van der Waals surface area contributed by atoms with E-state index in [2.05, 4.69) is 22.9 Å². The van der Waals surface area contributed by atoms with Crippen LogP contribution in [-0.4, -0.2) is 18.7 Å². The predicted octanol–water partition coefficient (Wildman–Crippen LogP) is 0.326. The third-order valence-corrected chi connectivity index (χ3v) is 0.554. The molecule has 0 rings (SSSR count). The van der Waals surface area contributed by atoms with Crippen molar-refractivity contribution in [3.05, 3.63) is 25.2 Å². The smallest absolute Gasteiger partial charge is 0.422 e. The summed E-state index contributed by atoms with van der Waals surface area (Å²) in [7, 11) is -1.05. The van der Waals surface area contributed by atoms with Crippen LogP contribution in [0.2, 0.25) is 0 Å². The van der Waals surface area contributed by atoms with E-state index in [0.29, 0.717) is 0 Å². The first-order valence-electron chi connectivity index (χ1n) is 2.51. The Morgan fingerprint density at radius 1 is 1.56 bits per heavy atom. The minimum atomic E-state index is -1.05. The molecule has 0 aromatic rings. The minimum absolute atomic E-state index is 0.255. The molecule has 50 valence electrons. The summed E-state index contributed by atoms with van der Waals surface area (Å²) in [5.41, 5.74) is 0. The summed E-state index contributed by atoms with van der Waals surface area (Å²) in [6.07, 6.45) is 1.51. The van der Waals surface area contributed by atoms with E-state index in [-0.39, 0.29) is 6.61 Å². The summed E-state index contributed by atoms with van der Waals surface area (Å²) in [5, 5.41) is 8.58. The maximum absolute atomic E-state index is 8.58. The molecule has 0 spiro atoms. The normalized spacial score (nSPS) is 8.56. The van der Waals surface area contributed by atoms with Crippen molar-refractivity contribution in [3.8, 4) is 0 Å². The Balaban J connectivity index is 3.05. The van der Waals surface area contributed by atoms with Crippen molar-refractivity contribution >= 4 is 7.12 Å². The highest BCUT2D eigenvalue weighted by atomic mass is 17.2. The number of hydrogen-bond acceptors (Lipinski definition) is 3. The van der Waals surface area contributed by atoms with Crippen molar-refractivity contribution < 1.29 is 14.7 Å². The molecule has 0 fully saturated rings. The molecule has 0 aliphatic heterocycles. The van der Waals surface area contributed by atoms with Gasteiger partial charge in [0.15, 0.2) is 0 Å². The van der Waals surface area contributed by atoms with Crippen molar-refractivity contribution in [3.63, 3.8) is 0 Å². The van der Waals surface area contributed by atoms with E-state index in [1.54, 1.807) is 0 Å². The van der Waals surface area contributed by atoms with Crippen LogP contribution < -0.4 is 0 Å². The van der Waals surface area contributed by atoms with Crippen molar-refractivity contribution in [1.29, 1.82) is 0 Å². The van der Waals surface area contributed by atoms with Crippen LogP contribution in [0.25, 0.3) is 0 Å². The van der Waals surface area contributed by atoms with E-state index in [1.807, 2.05) is 0 Å². The van der Waals surface area contributed by atoms with Gasteiger partial charge in [-0.3, -0.25) is 4.81 Å². The third-order valence-electron chi connectivity index (χ3n) is 0.554. The molecule has 0 unspecified atom stereocenters. The van der Waals surface area contributed by atoms with Gasteiger partial charge in [-0.05, 0) is 0 Å². The van der Waals surface area contributed by atoms with Gasteiger partial charge in [-0.1, -0.05) is 12.1 Å². The fourth-order valence-electron chi connectivity index (χ4n) is 0.196. The van der Waals surface area contributed by atoms with Crippen LogP contribution in [0.5, 0.6) is 0 Å².